The van der Waals surface area contributed by atoms with Crippen molar-refractivity contribution in [2.75, 3.05) is 7.05 Å². The largest absolute Gasteiger partial charge is 0.394 e. The van der Waals surface area contributed by atoms with Crippen LogP contribution in [0.2, 0.25) is 0 Å². The molecule has 0 atom stereocenters. The number of nitrogens with one attached hydrogen (secondary N) is 1. The summed E-state index contributed by atoms with van der Waals surface area (Å²) in [5.41, 5.74) is 0. The van der Waals surface area contributed by atoms with Crippen molar-refractivity contribution in [2.45, 2.75) is 13.3 Å². The standard InChI is InChI=1S/C12H18N2S/c1-5-9-14-11(3)15-12(6-2)8-7-10-13-4/h5,7-10,13H,1,3,6H2,2,4H3/b10-7-,12-8+,14-9-. The third-order valence-electron chi connectivity index (χ3n) is 1.47. The molecule has 0 aromatic rings. The molecule has 0 aliphatic heterocycles. The average Bonchev–Trinajstić information content (AvgIpc) is 2.25. The lowest BCUT2D eigenvalue weighted by Gasteiger charge is -2.01. The van der Waals surface area contributed by atoms with Crippen LogP contribution in [-0.4, -0.2) is 13.3 Å². The predicted octanol–water partition coefficient (Wildman–Crippen LogP) is 3.47. The molecule has 3 heteroatoms. The van der Waals surface area contributed by atoms with Gasteiger partial charge in [-0.3, -0.25) is 4.99 Å². The van der Waals surface area contributed by atoms with Crippen LogP contribution in [0.15, 0.2) is 52.5 Å². The van der Waals surface area contributed by atoms with Gasteiger partial charge >= 0.3 is 0 Å². The van der Waals surface area contributed by atoms with Crippen molar-refractivity contribution in [2.24, 2.45) is 4.99 Å². The number of allylic oxidation sites excluding steroid dienone is 4. The van der Waals surface area contributed by atoms with Gasteiger partial charge in [0.25, 0.3) is 0 Å². The highest BCUT2D eigenvalue weighted by Gasteiger charge is 1.96. The van der Waals surface area contributed by atoms with E-state index in [1.54, 1.807) is 24.1 Å². The van der Waals surface area contributed by atoms with Crippen LogP contribution in [0, 0.1) is 0 Å². The quantitative estimate of drug-likeness (QED) is 0.527. The van der Waals surface area contributed by atoms with Crippen LogP contribution >= 0.6 is 11.8 Å². The van der Waals surface area contributed by atoms with E-state index < -0.39 is 0 Å². The minimum Gasteiger partial charge on any atom is -0.394 e. The molecule has 2 nitrogen and oxygen atoms in total. The summed E-state index contributed by atoms with van der Waals surface area (Å²) in [6.45, 7) is 9.51. The monoisotopic (exact) mass is 222 g/mol. The molecule has 0 saturated heterocycles. The van der Waals surface area contributed by atoms with Crippen molar-refractivity contribution in [1.82, 2.24) is 5.32 Å². The Morgan fingerprint density at radius 3 is 2.80 bits per heavy atom. The molecule has 0 aromatic carbocycles. The average molecular weight is 222 g/mol. The second-order valence-electron chi connectivity index (χ2n) is 2.64. The first kappa shape index (κ1) is 13.8. The molecular formula is C12H18N2S. The summed E-state index contributed by atoms with van der Waals surface area (Å²) >= 11 is 1.58. The molecule has 0 unspecified atom stereocenters. The molecule has 0 bridgehead atoms. The molecule has 0 heterocycles. The van der Waals surface area contributed by atoms with Gasteiger partial charge in [-0.2, -0.15) is 0 Å². The molecule has 15 heavy (non-hydrogen) atoms. The predicted molar refractivity (Wildman–Crippen MR) is 72.0 cm³/mol. The van der Waals surface area contributed by atoms with Crippen molar-refractivity contribution >= 4 is 18.0 Å². The maximum absolute atomic E-state index is 4.10. The smallest absolute Gasteiger partial charge is 0.0932 e. The van der Waals surface area contributed by atoms with E-state index in [1.165, 1.54) is 4.91 Å². The van der Waals surface area contributed by atoms with E-state index in [2.05, 4.69) is 36.5 Å². The minimum atomic E-state index is 0.779. The van der Waals surface area contributed by atoms with Crippen LogP contribution < -0.4 is 5.32 Å². The van der Waals surface area contributed by atoms with Gasteiger partial charge in [0.15, 0.2) is 0 Å². The molecule has 0 amide bonds. The zero-order valence-corrected chi connectivity index (χ0v) is 10.2. The maximum Gasteiger partial charge on any atom is 0.0932 e. The van der Waals surface area contributed by atoms with Gasteiger partial charge in [-0.25, -0.2) is 0 Å². The van der Waals surface area contributed by atoms with Crippen molar-refractivity contribution in [3.63, 3.8) is 0 Å². The molecule has 0 radical (unpaired) electrons. The van der Waals surface area contributed by atoms with Gasteiger partial charge in [-0.05, 0) is 23.6 Å². The SMILES string of the molecule is C=C/C=N\C(=C)S/C(=C/C=C\NC)CC. The zero-order valence-electron chi connectivity index (χ0n) is 9.36. The van der Waals surface area contributed by atoms with E-state index in [0.29, 0.717) is 0 Å². The Balaban J connectivity index is 4.26. The first-order valence-corrected chi connectivity index (χ1v) is 5.61. The fourth-order valence-corrected chi connectivity index (χ4v) is 1.50. The van der Waals surface area contributed by atoms with E-state index in [-0.39, 0.29) is 0 Å². The van der Waals surface area contributed by atoms with Crippen LogP contribution in [0.4, 0.5) is 0 Å². The third-order valence-corrected chi connectivity index (χ3v) is 2.49. The van der Waals surface area contributed by atoms with Gasteiger partial charge in [0.1, 0.15) is 0 Å². The normalized spacial score (nSPS) is 12.3. The van der Waals surface area contributed by atoms with Crippen LogP contribution in [0.25, 0.3) is 0 Å². The van der Waals surface area contributed by atoms with E-state index in [0.717, 1.165) is 11.4 Å². The zero-order chi connectivity index (χ0) is 11.5. The highest BCUT2D eigenvalue weighted by atomic mass is 32.2. The molecule has 82 valence electrons. The number of nitrogens with zero attached hydrogens (tertiary/aromatic N) is 1. The lowest BCUT2D eigenvalue weighted by atomic mass is 10.4. The lowest BCUT2D eigenvalue weighted by Crippen LogP contribution is -1.89. The van der Waals surface area contributed by atoms with Gasteiger partial charge in [-0.15, -0.1) is 0 Å². The van der Waals surface area contributed by atoms with Crippen molar-refractivity contribution in [3.05, 3.63) is 47.5 Å². The topological polar surface area (TPSA) is 24.4 Å². The summed E-state index contributed by atoms with van der Waals surface area (Å²) in [6.07, 6.45) is 10.2. The van der Waals surface area contributed by atoms with Crippen molar-refractivity contribution in [3.8, 4) is 0 Å². The van der Waals surface area contributed by atoms with Gasteiger partial charge in [-0.1, -0.05) is 44.0 Å². The van der Waals surface area contributed by atoms with Gasteiger partial charge in [0.2, 0.25) is 0 Å². The molecule has 0 aliphatic rings. The second-order valence-corrected chi connectivity index (χ2v) is 3.84. The molecule has 1 N–H and O–H groups in total. The molecule has 0 spiro atoms. The van der Waals surface area contributed by atoms with E-state index in [1.807, 2.05) is 19.3 Å². The van der Waals surface area contributed by atoms with Crippen molar-refractivity contribution < 1.29 is 0 Å². The summed E-state index contributed by atoms with van der Waals surface area (Å²) in [6, 6.07) is 0. The Bertz CT molecular complexity index is 288. The van der Waals surface area contributed by atoms with E-state index in [4.69, 9.17) is 0 Å². The summed E-state index contributed by atoms with van der Waals surface area (Å²) in [5, 5.41) is 3.71. The molecule has 0 fully saturated rings. The number of thioether (sulfide) groups is 1. The van der Waals surface area contributed by atoms with Crippen LogP contribution in [0.3, 0.4) is 0 Å². The minimum absolute atomic E-state index is 0.779. The molecular weight excluding hydrogens is 204 g/mol. The third kappa shape index (κ3) is 7.82. The Morgan fingerprint density at radius 1 is 1.53 bits per heavy atom. The lowest BCUT2D eigenvalue weighted by molar-refractivity contribution is 1.10. The molecule has 0 saturated carbocycles. The van der Waals surface area contributed by atoms with Crippen LogP contribution in [0.1, 0.15) is 13.3 Å². The molecule has 0 aliphatic carbocycles. The Hall–Kier alpha value is -1.22. The molecule has 0 rings (SSSR count). The number of aliphatic imine (C=N–C) groups is 1. The Labute approximate surface area is 96.6 Å². The fourth-order valence-electron chi connectivity index (χ4n) is 0.789. The fraction of sp³-hybridized carbons (Fsp3) is 0.250. The van der Waals surface area contributed by atoms with Gasteiger partial charge in [0, 0.05) is 13.3 Å². The van der Waals surface area contributed by atoms with Gasteiger partial charge in [0.05, 0.1) is 5.03 Å². The number of hydrogen-bond donors (Lipinski definition) is 1. The van der Waals surface area contributed by atoms with Crippen LogP contribution in [0.5, 0.6) is 0 Å². The van der Waals surface area contributed by atoms with Crippen molar-refractivity contribution in [1.29, 1.82) is 0 Å². The highest BCUT2D eigenvalue weighted by molar-refractivity contribution is 8.06. The first-order valence-electron chi connectivity index (χ1n) is 4.79. The molecule has 0 aromatic heterocycles. The Morgan fingerprint density at radius 2 is 2.27 bits per heavy atom. The maximum atomic E-state index is 4.10. The Kier molecular flexibility index (Phi) is 8.58. The summed E-state index contributed by atoms with van der Waals surface area (Å²) < 4.78 is 0. The summed E-state index contributed by atoms with van der Waals surface area (Å²) in [5.74, 6) is 0. The summed E-state index contributed by atoms with van der Waals surface area (Å²) in [7, 11) is 1.87. The second kappa shape index (κ2) is 9.34. The highest BCUT2D eigenvalue weighted by Crippen LogP contribution is 2.26. The first-order chi connectivity index (χ1) is 7.24. The number of rotatable bonds is 7. The van der Waals surface area contributed by atoms with E-state index >= 15 is 0 Å². The number of hydrogen-bond acceptors (Lipinski definition) is 3. The van der Waals surface area contributed by atoms with Gasteiger partial charge < -0.3 is 5.32 Å². The van der Waals surface area contributed by atoms with Crippen LogP contribution in [-0.2, 0) is 0 Å². The van der Waals surface area contributed by atoms with E-state index in [9.17, 15) is 0 Å². The summed E-state index contributed by atoms with van der Waals surface area (Å²) in [4.78, 5) is 5.33.